The quantitative estimate of drug-likeness (QED) is 0.728. The van der Waals surface area contributed by atoms with Crippen LogP contribution in [0.2, 0.25) is 0 Å². The topological polar surface area (TPSA) is 29.4 Å². The van der Waals surface area contributed by atoms with Gasteiger partial charge in [0.2, 0.25) is 5.12 Å². The predicted octanol–water partition coefficient (Wildman–Crippen LogP) is 3.95. The van der Waals surface area contributed by atoms with Crippen molar-refractivity contribution in [3.05, 3.63) is 40.1 Å². The summed E-state index contributed by atoms with van der Waals surface area (Å²) in [5, 5.41) is 0.0405. The van der Waals surface area contributed by atoms with Gasteiger partial charge in [0.05, 0.1) is 0 Å². The van der Waals surface area contributed by atoms with Gasteiger partial charge in [-0.15, -0.1) is 11.8 Å². The van der Waals surface area contributed by atoms with Gasteiger partial charge in [0.1, 0.15) is 10.1 Å². The maximum absolute atomic E-state index is 11.8. The number of hydrogen-bond acceptors (Lipinski definition) is 4. The summed E-state index contributed by atoms with van der Waals surface area (Å²) in [5.41, 5.74) is 5.28. The fourth-order valence-electron chi connectivity index (χ4n) is 2.03. The molecule has 0 amide bonds. The summed E-state index contributed by atoms with van der Waals surface area (Å²) in [6.45, 7) is 6.22. The zero-order valence-electron chi connectivity index (χ0n) is 10.9. The smallest absolute Gasteiger partial charge is 0.244 e. The van der Waals surface area contributed by atoms with Gasteiger partial charge in [-0.1, -0.05) is 17.7 Å². The highest BCUT2D eigenvalue weighted by Gasteiger charge is 2.21. The Morgan fingerprint density at radius 2 is 1.83 bits per heavy atom. The highest BCUT2D eigenvalue weighted by molar-refractivity contribution is 8.45. The normalized spacial score (nSPS) is 17.4. The molecule has 0 spiro atoms. The van der Waals surface area contributed by atoms with Gasteiger partial charge < -0.3 is 0 Å². The van der Waals surface area contributed by atoms with E-state index in [4.69, 9.17) is 0 Å². The molecule has 1 aromatic rings. The summed E-state index contributed by atoms with van der Waals surface area (Å²) in [7, 11) is 0. The lowest BCUT2D eigenvalue weighted by atomic mass is 9.99. The van der Waals surface area contributed by atoms with Crippen molar-refractivity contribution in [3.8, 4) is 0 Å². The maximum atomic E-state index is 11.8. The molecule has 1 heterocycles. The number of aliphatic imine (C=N–C) groups is 1. The first-order chi connectivity index (χ1) is 8.51. The number of nitrogens with zero attached hydrogens (tertiary/aromatic N) is 1. The fraction of sp³-hybridized carbons (Fsp3) is 0.286. The number of rotatable bonds is 1. The first kappa shape index (κ1) is 13.4. The van der Waals surface area contributed by atoms with Crippen molar-refractivity contribution in [2.75, 3.05) is 6.26 Å². The largest absolute Gasteiger partial charge is 0.279 e. The van der Waals surface area contributed by atoms with Gasteiger partial charge in [0.25, 0.3) is 0 Å². The molecule has 0 aliphatic carbocycles. The van der Waals surface area contributed by atoms with E-state index < -0.39 is 0 Å². The number of carbonyl (C=O) groups is 1. The first-order valence-corrected chi connectivity index (χ1v) is 7.70. The standard InChI is InChI=1S/C14H15NOS2/c1-8-5-9(2)11(10(3)6-8)7-12-13(16)18-14(15-12)17-4/h5-7H,1-4H3/b12-7-. The number of aryl methyl sites for hydroxylation is 3. The summed E-state index contributed by atoms with van der Waals surface area (Å²) in [6.07, 6.45) is 3.84. The number of thioether (sulfide) groups is 2. The van der Waals surface area contributed by atoms with E-state index in [0.29, 0.717) is 5.70 Å². The molecular formula is C14H15NOS2. The molecule has 1 aromatic carbocycles. The first-order valence-electron chi connectivity index (χ1n) is 5.65. The highest BCUT2D eigenvalue weighted by Crippen LogP contribution is 2.31. The molecule has 0 aromatic heterocycles. The minimum atomic E-state index is 0.0405. The number of carbonyl (C=O) groups excluding carboxylic acids is 1. The maximum Gasteiger partial charge on any atom is 0.244 e. The van der Waals surface area contributed by atoms with E-state index in [1.54, 1.807) is 0 Å². The molecular weight excluding hydrogens is 262 g/mol. The van der Waals surface area contributed by atoms with E-state index in [1.165, 1.54) is 40.2 Å². The molecule has 0 radical (unpaired) electrons. The van der Waals surface area contributed by atoms with E-state index >= 15 is 0 Å². The Kier molecular flexibility index (Phi) is 3.97. The van der Waals surface area contributed by atoms with E-state index in [9.17, 15) is 4.79 Å². The summed E-state index contributed by atoms with van der Waals surface area (Å²) < 4.78 is 0.827. The van der Waals surface area contributed by atoms with Crippen molar-refractivity contribution >= 4 is 39.1 Å². The van der Waals surface area contributed by atoms with Crippen LogP contribution >= 0.6 is 23.5 Å². The second kappa shape index (κ2) is 5.33. The lowest BCUT2D eigenvalue weighted by Crippen LogP contribution is -1.92. The minimum absolute atomic E-state index is 0.0405. The second-order valence-corrected chi connectivity index (χ2v) is 6.33. The van der Waals surface area contributed by atoms with Gasteiger partial charge >= 0.3 is 0 Å². The Labute approximate surface area is 116 Å². The van der Waals surface area contributed by atoms with E-state index in [0.717, 1.165) is 9.94 Å². The Morgan fingerprint density at radius 3 is 2.33 bits per heavy atom. The molecule has 0 saturated heterocycles. The van der Waals surface area contributed by atoms with Gasteiger partial charge in [-0.3, -0.25) is 4.79 Å². The van der Waals surface area contributed by atoms with Crippen molar-refractivity contribution in [2.24, 2.45) is 4.99 Å². The highest BCUT2D eigenvalue weighted by atomic mass is 32.2. The molecule has 2 nitrogen and oxygen atoms in total. The number of hydrogen-bond donors (Lipinski definition) is 0. The van der Waals surface area contributed by atoms with Crippen LogP contribution in [-0.4, -0.2) is 15.7 Å². The molecule has 0 saturated carbocycles. The molecule has 0 bridgehead atoms. The average molecular weight is 277 g/mol. The molecule has 2 rings (SSSR count). The van der Waals surface area contributed by atoms with Crippen LogP contribution in [0, 0.1) is 20.8 Å². The van der Waals surface area contributed by atoms with Crippen molar-refractivity contribution in [3.63, 3.8) is 0 Å². The van der Waals surface area contributed by atoms with Crippen LogP contribution in [0.4, 0.5) is 0 Å². The zero-order chi connectivity index (χ0) is 13.3. The van der Waals surface area contributed by atoms with Gasteiger partial charge in [0, 0.05) is 0 Å². The SMILES string of the molecule is CSC1=N/C(=C\c2c(C)cc(C)cc2C)C(=O)S1. The monoisotopic (exact) mass is 277 g/mol. The summed E-state index contributed by atoms with van der Waals surface area (Å²) in [6, 6.07) is 4.26. The molecule has 0 unspecified atom stereocenters. The predicted molar refractivity (Wildman–Crippen MR) is 82.2 cm³/mol. The molecule has 18 heavy (non-hydrogen) atoms. The van der Waals surface area contributed by atoms with Crippen LogP contribution in [0.1, 0.15) is 22.3 Å². The van der Waals surface area contributed by atoms with E-state index in [-0.39, 0.29) is 5.12 Å². The van der Waals surface area contributed by atoms with Crippen molar-refractivity contribution in [1.29, 1.82) is 0 Å². The van der Waals surface area contributed by atoms with Crippen LogP contribution in [0.3, 0.4) is 0 Å². The molecule has 1 aliphatic heterocycles. The summed E-state index contributed by atoms with van der Waals surface area (Å²) in [4.78, 5) is 16.1. The zero-order valence-corrected chi connectivity index (χ0v) is 12.5. The second-order valence-electron chi connectivity index (χ2n) is 4.31. The van der Waals surface area contributed by atoms with Gasteiger partial charge in [-0.25, -0.2) is 4.99 Å². The Bertz CT molecular complexity index is 550. The lowest BCUT2D eigenvalue weighted by molar-refractivity contribution is -0.107. The van der Waals surface area contributed by atoms with E-state index in [2.05, 4.69) is 37.9 Å². The van der Waals surface area contributed by atoms with Crippen molar-refractivity contribution in [1.82, 2.24) is 0 Å². The average Bonchev–Trinajstić information content (AvgIpc) is 2.64. The Balaban J connectivity index is 2.46. The van der Waals surface area contributed by atoms with Crippen LogP contribution in [-0.2, 0) is 4.79 Å². The fourth-order valence-corrected chi connectivity index (χ4v) is 3.29. The Hall–Kier alpha value is -1.000. The molecule has 94 valence electrons. The molecule has 0 fully saturated rings. The molecule has 0 N–H and O–H groups in total. The Morgan fingerprint density at radius 1 is 1.22 bits per heavy atom. The van der Waals surface area contributed by atoms with E-state index in [1.807, 2.05) is 12.3 Å². The van der Waals surface area contributed by atoms with Crippen molar-refractivity contribution in [2.45, 2.75) is 20.8 Å². The summed E-state index contributed by atoms with van der Waals surface area (Å²) in [5.74, 6) is 0. The van der Waals surface area contributed by atoms with Crippen LogP contribution in [0.5, 0.6) is 0 Å². The van der Waals surface area contributed by atoms with Crippen LogP contribution in [0.25, 0.3) is 6.08 Å². The van der Waals surface area contributed by atoms with Crippen LogP contribution in [0.15, 0.2) is 22.8 Å². The number of benzene rings is 1. The third-order valence-electron chi connectivity index (χ3n) is 2.79. The molecule has 1 aliphatic rings. The minimum Gasteiger partial charge on any atom is -0.279 e. The molecule has 4 heteroatoms. The third-order valence-corrected chi connectivity index (χ3v) is 4.65. The van der Waals surface area contributed by atoms with Gasteiger partial charge in [0.15, 0.2) is 0 Å². The van der Waals surface area contributed by atoms with Gasteiger partial charge in [-0.2, -0.15) is 0 Å². The molecule has 0 atom stereocenters. The van der Waals surface area contributed by atoms with Gasteiger partial charge in [-0.05, 0) is 61.6 Å². The third kappa shape index (κ3) is 2.70. The van der Waals surface area contributed by atoms with Crippen molar-refractivity contribution < 1.29 is 4.79 Å². The van der Waals surface area contributed by atoms with Crippen LogP contribution < -0.4 is 0 Å². The lowest BCUT2D eigenvalue weighted by Gasteiger charge is -2.07. The summed E-state index contributed by atoms with van der Waals surface area (Å²) >= 11 is 2.73.